The van der Waals surface area contributed by atoms with E-state index in [1.165, 1.54) is 0 Å². The van der Waals surface area contributed by atoms with E-state index in [0.29, 0.717) is 6.04 Å². The monoisotopic (exact) mass is 319 g/mol. The van der Waals surface area contributed by atoms with Crippen molar-refractivity contribution < 1.29 is 5.11 Å². The number of β-amino-alcohol motifs (C(OH)–C–C–N with tert-alkyl or cyclic N) is 1. The molecule has 118 valence electrons. The SMILES string of the molecule is CC(O)CN1CCN(c2nnc(-c3ccccn3)s2)CC1C. The van der Waals surface area contributed by atoms with Gasteiger partial charge in [0.1, 0.15) is 5.69 Å². The molecular weight excluding hydrogens is 298 g/mol. The summed E-state index contributed by atoms with van der Waals surface area (Å²) < 4.78 is 0. The van der Waals surface area contributed by atoms with Gasteiger partial charge in [-0.15, -0.1) is 10.2 Å². The van der Waals surface area contributed by atoms with Crippen molar-refractivity contribution in [2.24, 2.45) is 0 Å². The van der Waals surface area contributed by atoms with Crippen molar-refractivity contribution in [1.29, 1.82) is 0 Å². The first-order valence-corrected chi connectivity index (χ1v) is 8.37. The Bertz CT molecular complexity index is 603. The molecule has 0 aromatic carbocycles. The van der Waals surface area contributed by atoms with Crippen molar-refractivity contribution in [3.05, 3.63) is 24.4 Å². The molecule has 1 N–H and O–H groups in total. The lowest BCUT2D eigenvalue weighted by Gasteiger charge is -2.40. The second kappa shape index (κ2) is 6.68. The van der Waals surface area contributed by atoms with Gasteiger partial charge in [0.15, 0.2) is 5.01 Å². The zero-order valence-corrected chi connectivity index (χ0v) is 13.7. The van der Waals surface area contributed by atoms with E-state index in [-0.39, 0.29) is 6.10 Å². The summed E-state index contributed by atoms with van der Waals surface area (Å²) in [5, 5.41) is 19.9. The lowest BCUT2D eigenvalue weighted by molar-refractivity contribution is 0.0960. The molecule has 1 saturated heterocycles. The average Bonchev–Trinajstić information content (AvgIpc) is 3.00. The van der Waals surface area contributed by atoms with Crippen molar-refractivity contribution in [1.82, 2.24) is 20.1 Å². The van der Waals surface area contributed by atoms with Crippen molar-refractivity contribution in [3.63, 3.8) is 0 Å². The second-order valence-corrected chi connectivity index (χ2v) is 6.70. The number of aliphatic hydroxyl groups is 1. The third-order valence-electron chi connectivity index (χ3n) is 3.83. The molecule has 3 heterocycles. The Hall–Kier alpha value is -1.57. The largest absolute Gasteiger partial charge is 0.392 e. The lowest BCUT2D eigenvalue weighted by atomic mass is 10.2. The Morgan fingerprint density at radius 2 is 2.23 bits per heavy atom. The molecule has 3 rings (SSSR count). The molecule has 2 unspecified atom stereocenters. The molecule has 0 saturated carbocycles. The number of aliphatic hydroxyl groups excluding tert-OH is 1. The summed E-state index contributed by atoms with van der Waals surface area (Å²) in [6.45, 7) is 7.50. The molecule has 6 nitrogen and oxygen atoms in total. The van der Waals surface area contributed by atoms with Gasteiger partial charge < -0.3 is 10.0 Å². The van der Waals surface area contributed by atoms with Crippen LogP contribution in [-0.2, 0) is 0 Å². The Morgan fingerprint density at radius 1 is 1.36 bits per heavy atom. The van der Waals surface area contributed by atoms with Crippen LogP contribution in [0, 0.1) is 0 Å². The summed E-state index contributed by atoms with van der Waals surface area (Å²) in [5.41, 5.74) is 0.868. The molecule has 2 atom stereocenters. The molecule has 1 aliphatic heterocycles. The molecule has 2 aromatic heterocycles. The minimum atomic E-state index is -0.286. The highest BCUT2D eigenvalue weighted by Gasteiger charge is 2.26. The van der Waals surface area contributed by atoms with Gasteiger partial charge in [-0.2, -0.15) is 0 Å². The first-order chi connectivity index (χ1) is 10.6. The molecule has 0 aliphatic carbocycles. The topological polar surface area (TPSA) is 65.4 Å². The van der Waals surface area contributed by atoms with Crippen LogP contribution in [0.2, 0.25) is 0 Å². The summed E-state index contributed by atoms with van der Waals surface area (Å²) >= 11 is 1.58. The maximum Gasteiger partial charge on any atom is 0.208 e. The highest BCUT2D eigenvalue weighted by molar-refractivity contribution is 7.18. The second-order valence-electron chi connectivity index (χ2n) is 5.74. The van der Waals surface area contributed by atoms with Crippen LogP contribution in [0.3, 0.4) is 0 Å². The third-order valence-corrected chi connectivity index (χ3v) is 4.84. The van der Waals surface area contributed by atoms with Crippen LogP contribution in [0.1, 0.15) is 13.8 Å². The molecule has 0 amide bonds. The van der Waals surface area contributed by atoms with Crippen LogP contribution in [0.15, 0.2) is 24.4 Å². The summed E-state index contributed by atoms with van der Waals surface area (Å²) in [5.74, 6) is 0. The average molecular weight is 319 g/mol. The highest BCUT2D eigenvalue weighted by atomic mass is 32.1. The number of hydrogen-bond donors (Lipinski definition) is 1. The normalized spacial score (nSPS) is 21.0. The minimum Gasteiger partial charge on any atom is -0.392 e. The minimum absolute atomic E-state index is 0.286. The zero-order chi connectivity index (χ0) is 15.5. The summed E-state index contributed by atoms with van der Waals surface area (Å²) in [4.78, 5) is 8.91. The standard InChI is InChI=1S/C15H21N5OS/c1-11-9-20(8-7-19(11)10-12(2)21)15-18-17-14(22-15)13-5-3-4-6-16-13/h3-6,11-12,21H,7-10H2,1-2H3. The van der Waals surface area contributed by atoms with Gasteiger partial charge in [-0.3, -0.25) is 9.88 Å². The smallest absolute Gasteiger partial charge is 0.208 e. The molecule has 7 heteroatoms. The van der Waals surface area contributed by atoms with Crippen molar-refractivity contribution >= 4 is 16.5 Å². The molecule has 0 bridgehead atoms. The molecular formula is C15H21N5OS. The molecule has 22 heavy (non-hydrogen) atoms. The van der Waals surface area contributed by atoms with Gasteiger partial charge in [0.2, 0.25) is 5.13 Å². The first-order valence-electron chi connectivity index (χ1n) is 7.55. The van der Waals surface area contributed by atoms with E-state index in [0.717, 1.165) is 42.0 Å². The number of nitrogens with zero attached hydrogens (tertiary/aromatic N) is 5. The van der Waals surface area contributed by atoms with Gasteiger partial charge >= 0.3 is 0 Å². The van der Waals surface area contributed by atoms with Crippen LogP contribution in [0.5, 0.6) is 0 Å². The predicted molar refractivity (Wildman–Crippen MR) is 88.1 cm³/mol. The van der Waals surface area contributed by atoms with E-state index in [4.69, 9.17) is 0 Å². The number of anilines is 1. The number of aromatic nitrogens is 3. The molecule has 0 radical (unpaired) electrons. The van der Waals surface area contributed by atoms with Gasteiger partial charge in [-0.25, -0.2) is 0 Å². The number of hydrogen-bond acceptors (Lipinski definition) is 7. The fraction of sp³-hybridized carbons (Fsp3) is 0.533. The maximum absolute atomic E-state index is 9.55. The van der Waals surface area contributed by atoms with E-state index >= 15 is 0 Å². The molecule has 2 aromatic rings. The van der Waals surface area contributed by atoms with Crippen LogP contribution >= 0.6 is 11.3 Å². The lowest BCUT2D eigenvalue weighted by Crippen LogP contribution is -2.53. The van der Waals surface area contributed by atoms with Crippen LogP contribution in [0.4, 0.5) is 5.13 Å². The summed E-state index contributed by atoms with van der Waals surface area (Å²) in [7, 11) is 0. The van der Waals surface area contributed by atoms with Crippen LogP contribution in [0.25, 0.3) is 10.7 Å². The van der Waals surface area contributed by atoms with Crippen molar-refractivity contribution in [2.45, 2.75) is 26.0 Å². The third kappa shape index (κ3) is 3.43. The van der Waals surface area contributed by atoms with E-state index in [1.54, 1.807) is 17.5 Å². The van der Waals surface area contributed by atoms with Crippen molar-refractivity contribution in [2.75, 3.05) is 31.1 Å². The zero-order valence-electron chi connectivity index (χ0n) is 12.9. The van der Waals surface area contributed by atoms with E-state index in [1.807, 2.05) is 25.1 Å². The Kier molecular flexibility index (Phi) is 4.66. The van der Waals surface area contributed by atoms with E-state index in [9.17, 15) is 5.11 Å². The van der Waals surface area contributed by atoms with Crippen LogP contribution in [-0.4, -0.2) is 63.5 Å². The highest BCUT2D eigenvalue weighted by Crippen LogP contribution is 2.28. The van der Waals surface area contributed by atoms with Gasteiger partial charge in [-0.05, 0) is 26.0 Å². The summed E-state index contributed by atoms with van der Waals surface area (Å²) in [6, 6.07) is 6.20. The van der Waals surface area contributed by atoms with Gasteiger partial charge in [0.25, 0.3) is 0 Å². The Morgan fingerprint density at radius 3 is 2.91 bits per heavy atom. The predicted octanol–water partition coefficient (Wildman–Crippen LogP) is 1.49. The fourth-order valence-corrected chi connectivity index (χ4v) is 3.57. The Balaban J connectivity index is 1.68. The number of piperazine rings is 1. The van der Waals surface area contributed by atoms with E-state index < -0.39 is 0 Å². The molecule has 1 aliphatic rings. The number of pyridine rings is 1. The van der Waals surface area contributed by atoms with Crippen LogP contribution < -0.4 is 4.90 Å². The fourth-order valence-electron chi connectivity index (χ4n) is 2.72. The summed E-state index contributed by atoms with van der Waals surface area (Å²) in [6.07, 6.45) is 1.49. The molecule has 1 fully saturated rings. The van der Waals surface area contributed by atoms with Crippen molar-refractivity contribution in [3.8, 4) is 10.7 Å². The Labute approximate surface area is 134 Å². The van der Waals surface area contributed by atoms with Gasteiger partial charge in [-0.1, -0.05) is 17.4 Å². The number of rotatable bonds is 4. The van der Waals surface area contributed by atoms with Gasteiger partial charge in [0.05, 0.1) is 6.10 Å². The quantitative estimate of drug-likeness (QED) is 0.921. The maximum atomic E-state index is 9.55. The molecule has 0 spiro atoms. The van der Waals surface area contributed by atoms with Gasteiger partial charge in [0, 0.05) is 38.4 Å². The van der Waals surface area contributed by atoms with E-state index in [2.05, 4.69) is 31.9 Å². The first kappa shape index (κ1) is 15.3.